The van der Waals surface area contributed by atoms with Gasteiger partial charge in [-0.15, -0.1) is 5.10 Å². The van der Waals surface area contributed by atoms with Gasteiger partial charge < -0.3 is 10.1 Å². The Morgan fingerprint density at radius 2 is 2.11 bits per heavy atom. The number of nitrogens with one attached hydrogen (secondary N) is 2. The SMILES string of the molecule is COc1ccc(NC(=O)C2CC(=O)Nc3nc(-c4cccnc4)nn32)cc1. The van der Waals surface area contributed by atoms with Crippen LogP contribution in [0.4, 0.5) is 11.6 Å². The highest BCUT2D eigenvalue weighted by molar-refractivity contribution is 6.00. The average Bonchev–Trinajstić information content (AvgIpc) is 3.12. The summed E-state index contributed by atoms with van der Waals surface area (Å²) in [4.78, 5) is 33.1. The summed E-state index contributed by atoms with van der Waals surface area (Å²) >= 11 is 0. The second kappa shape index (κ2) is 6.87. The van der Waals surface area contributed by atoms with Crippen molar-refractivity contribution in [2.45, 2.75) is 12.5 Å². The van der Waals surface area contributed by atoms with Gasteiger partial charge in [0.25, 0.3) is 0 Å². The van der Waals surface area contributed by atoms with E-state index in [1.165, 1.54) is 4.68 Å². The molecule has 0 saturated carbocycles. The Balaban J connectivity index is 1.61. The molecule has 2 aromatic heterocycles. The van der Waals surface area contributed by atoms with E-state index in [1.54, 1.807) is 49.8 Å². The maximum atomic E-state index is 12.8. The number of methoxy groups -OCH3 is 1. The summed E-state index contributed by atoms with van der Waals surface area (Å²) in [6.45, 7) is 0. The normalized spacial score (nSPS) is 15.6. The Labute approximate surface area is 154 Å². The molecular weight excluding hydrogens is 348 g/mol. The number of pyridine rings is 1. The number of hydrogen-bond acceptors (Lipinski definition) is 6. The fraction of sp³-hybridized carbons (Fsp3) is 0.167. The number of carbonyl (C=O) groups is 2. The summed E-state index contributed by atoms with van der Waals surface area (Å²) in [5.74, 6) is 0.675. The van der Waals surface area contributed by atoms with Gasteiger partial charge >= 0.3 is 0 Å². The minimum atomic E-state index is -0.797. The van der Waals surface area contributed by atoms with Gasteiger partial charge in [-0.05, 0) is 36.4 Å². The lowest BCUT2D eigenvalue weighted by Crippen LogP contribution is -2.36. The summed E-state index contributed by atoms with van der Waals surface area (Å²) in [6, 6.07) is 9.71. The quantitative estimate of drug-likeness (QED) is 0.731. The van der Waals surface area contributed by atoms with Crippen LogP contribution in [0.3, 0.4) is 0 Å². The molecule has 0 radical (unpaired) electrons. The lowest BCUT2D eigenvalue weighted by atomic mass is 10.1. The maximum absolute atomic E-state index is 12.8. The maximum Gasteiger partial charge on any atom is 0.249 e. The van der Waals surface area contributed by atoms with Gasteiger partial charge in [0.05, 0.1) is 13.5 Å². The first-order valence-corrected chi connectivity index (χ1v) is 8.26. The molecule has 4 rings (SSSR count). The number of ether oxygens (including phenoxy) is 1. The van der Waals surface area contributed by atoms with E-state index in [-0.39, 0.29) is 24.2 Å². The fourth-order valence-corrected chi connectivity index (χ4v) is 2.78. The van der Waals surface area contributed by atoms with Crippen LogP contribution in [0.15, 0.2) is 48.8 Å². The third-order valence-electron chi connectivity index (χ3n) is 4.14. The Hall–Kier alpha value is -3.75. The molecule has 2 amide bonds. The number of rotatable bonds is 4. The summed E-state index contributed by atoms with van der Waals surface area (Å²) in [5, 5.41) is 9.84. The van der Waals surface area contributed by atoms with Crippen LogP contribution in [0.5, 0.6) is 5.75 Å². The zero-order valence-corrected chi connectivity index (χ0v) is 14.4. The van der Waals surface area contributed by atoms with Crippen molar-refractivity contribution < 1.29 is 14.3 Å². The van der Waals surface area contributed by atoms with E-state index in [4.69, 9.17) is 4.74 Å². The van der Waals surface area contributed by atoms with E-state index >= 15 is 0 Å². The van der Waals surface area contributed by atoms with E-state index in [9.17, 15) is 9.59 Å². The minimum absolute atomic E-state index is 0.0230. The Morgan fingerprint density at radius 3 is 2.81 bits per heavy atom. The van der Waals surface area contributed by atoms with Gasteiger partial charge in [-0.3, -0.25) is 19.9 Å². The van der Waals surface area contributed by atoms with Crippen molar-refractivity contribution in [3.8, 4) is 17.1 Å². The van der Waals surface area contributed by atoms with Crippen molar-refractivity contribution in [1.82, 2.24) is 19.7 Å². The third-order valence-corrected chi connectivity index (χ3v) is 4.14. The van der Waals surface area contributed by atoms with Crippen LogP contribution in [0, 0.1) is 0 Å². The highest BCUT2D eigenvalue weighted by Crippen LogP contribution is 2.27. The van der Waals surface area contributed by atoms with Gasteiger partial charge in [-0.1, -0.05) is 0 Å². The highest BCUT2D eigenvalue weighted by Gasteiger charge is 2.33. The van der Waals surface area contributed by atoms with Gasteiger partial charge in [0.1, 0.15) is 11.8 Å². The van der Waals surface area contributed by atoms with Crippen molar-refractivity contribution in [3.63, 3.8) is 0 Å². The van der Waals surface area contributed by atoms with Gasteiger partial charge in [0.15, 0.2) is 5.82 Å². The molecule has 2 N–H and O–H groups in total. The molecule has 1 unspecified atom stereocenters. The number of nitrogens with zero attached hydrogens (tertiary/aromatic N) is 4. The van der Waals surface area contributed by atoms with Crippen LogP contribution in [0.1, 0.15) is 12.5 Å². The molecule has 0 saturated heterocycles. The summed E-state index contributed by atoms with van der Waals surface area (Å²) in [5.41, 5.74) is 1.30. The lowest BCUT2D eigenvalue weighted by Gasteiger charge is -2.22. The van der Waals surface area contributed by atoms with Crippen LogP contribution < -0.4 is 15.4 Å². The lowest BCUT2D eigenvalue weighted by molar-refractivity contribution is -0.125. The van der Waals surface area contributed by atoms with Crippen LogP contribution in [0.25, 0.3) is 11.4 Å². The average molecular weight is 364 g/mol. The molecule has 1 atom stereocenters. The summed E-state index contributed by atoms with van der Waals surface area (Å²) in [6.07, 6.45) is 3.24. The van der Waals surface area contributed by atoms with Crippen molar-refractivity contribution in [2.24, 2.45) is 0 Å². The van der Waals surface area contributed by atoms with Crippen molar-refractivity contribution in [2.75, 3.05) is 17.7 Å². The van der Waals surface area contributed by atoms with E-state index in [0.717, 1.165) is 0 Å². The molecule has 3 heterocycles. The predicted molar refractivity (Wildman–Crippen MR) is 97.2 cm³/mol. The molecule has 1 aliphatic heterocycles. The van der Waals surface area contributed by atoms with Crippen molar-refractivity contribution >= 4 is 23.5 Å². The Bertz CT molecular complexity index is 984. The van der Waals surface area contributed by atoms with Crippen LogP contribution in [0.2, 0.25) is 0 Å². The first-order chi connectivity index (χ1) is 13.1. The number of aromatic nitrogens is 4. The Morgan fingerprint density at radius 1 is 1.30 bits per heavy atom. The number of anilines is 2. The molecular formula is C18H16N6O3. The topological polar surface area (TPSA) is 111 Å². The monoisotopic (exact) mass is 364 g/mol. The van der Waals surface area contributed by atoms with Crippen molar-refractivity contribution in [1.29, 1.82) is 0 Å². The zero-order chi connectivity index (χ0) is 18.8. The van der Waals surface area contributed by atoms with Crippen LogP contribution in [-0.4, -0.2) is 38.7 Å². The second-order valence-corrected chi connectivity index (χ2v) is 5.93. The Kier molecular flexibility index (Phi) is 4.25. The number of carbonyl (C=O) groups excluding carboxylic acids is 2. The fourth-order valence-electron chi connectivity index (χ4n) is 2.78. The molecule has 3 aromatic rings. The molecule has 27 heavy (non-hydrogen) atoms. The third kappa shape index (κ3) is 3.34. The van der Waals surface area contributed by atoms with Gasteiger partial charge in [0.2, 0.25) is 17.8 Å². The van der Waals surface area contributed by atoms with E-state index in [0.29, 0.717) is 22.8 Å². The number of amides is 2. The molecule has 136 valence electrons. The molecule has 1 aliphatic rings. The molecule has 9 nitrogen and oxygen atoms in total. The molecule has 0 aliphatic carbocycles. The van der Waals surface area contributed by atoms with Gasteiger partial charge in [-0.2, -0.15) is 4.98 Å². The highest BCUT2D eigenvalue weighted by atomic mass is 16.5. The number of fused-ring (bicyclic) bond motifs is 1. The second-order valence-electron chi connectivity index (χ2n) is 5.93. The van der Waals surface area contributed by atoms with E-state index < -0.39 is 6.04 Å². The zero-order valence-electron chi connectivity index (χ0n) is 14.4. The van der Waals surface area contributed by atoms with E-state index in [1.807, 2.05) is 6.07 Å². The molecule has 9 heteroatoms. The molecule has 0 bridgehead atoms. The molecule has 0 fully saturated rings. The minimum Gasteiger partial charge on any atom is -0.497 e. The van der Waals surface area contributed by atoms with Crippen molar-refractivity contribution in [3.05, 3.63) is 48.8 Å². The number of benzene rings is 1. The van der Waals surface area contributed by atoms with E-state index in [2.05, 4.69) is 25.7 Å². The van der Waals surface area contributed by atoms with Gasteiger partial charge in [-0.25, -0.2) is 4.68 Å². The van der Waals surface area contributed by atoms with Gasteiger partial charge in [0, 0.05) is 23.6 Å². The largest absolute Gasteiger partial charge is 0.497 e. The van der Waals surface area contributed by atoms with Crippen LogP contribution >= 0.6 is 0 Å². The summed E-state index contributed by atoms with van der Waals surface area (Å²) in [7, 11) is 1.57. The molecule has 0 spiro atoms. The standard InChI is InChI=1S/C18H16N6O3/c1-27-13-6-4-12(5-7-13)20-17(26)14-9-15(25)21-18-22-16(23-24(14)18)11-3-2-8-19-10-11/h2-8,10,14H,9H2,1H3,(H,20,26)(H,21,22,23,25). The first kappa shape index (κ1) is 16.7. The smallest absolute Gasteiger partial charge is 0.249 e. The van der Waals surface area contributed by atoms with Crippen LogP contribution in [-0.2, 0) is 9.59 Å². The number of hydrogen-bond donors (Lipinski definition) is 2. The summed E-state index contributed by atoms with van der Waals surface area (Å²) < 4.78 is 6.54. The predicted octanol–water partition coefficient (Wildman–Crippen LogP) is 1.87. The first-order valence-electron chi connectivity index (χ1n) is 8.26. The molecule has 1 aromatic carbocycles.